The van der Waals surface area contributed by atoms with Crippen LogP contribution in [0, 0.1) is 0 Å². The van der Waals surface area contributed by atoms with Crippen molar-refractivity contribution in [3.8, 4) is 0 Å². The number of amides is 3. The molecular formula is C31H53N3O11. The zero-order valence-corrected chi connectivity index (χ0v) is 26.3. The smallest absolute Gasteiger partial charge is 0.326 e. The van der Waals surface area contributed by atoms with Crippen LogP contribution in [0.1, 0.15) is 128 Å². The molecule has 0 unspecified atom stereocenters. The molecule has 45 heavy (non-hydrogen) atoms. The molecule has 0 saturated carbocycles. The molecule has 0 aliphatic carbocycles. The van der Waals surface area contributed by atoms with Crippen LogP contribution in [-0.2, 0) is 33.6 Å². The number of rotatable bonds is 30. The molecule has 7 N–H and O–H groups in total. The van der Waals surface area contributed by atoms with Gasteiger partial charge in [-0.25, -0.2) is 9.59 Å². The zero-order chi connectivity index (χ0) is 33.9. The third-order valence-electron chi connectivity index (χ3n) is 7.34. The van der Waals surface area contributed by atoms with Crippen molar-refractivity contribution in [2.75, 3.05) is 6.61 Å². The van der Waals surface area contributed by atoms with Gasteiger partial charge in [0.1, 0.15) is 24.4 Å². The number of aliphatic hydroxyl groups is 1. The number of nitrogens with one attached hydrogen (secondary N) is 3. The molecule has 14 nitrogen and oxygen atoms in total. The van der Waals surface area contributed by atoms with Crippen LogP contribution < -0.4 is 16.0 Å². The molecule has 0 aliphatic heterocycles. The van der Waals surface area contributed by atoms with Crippen LogP contribution in [0.3, 0.4) is 0 Å². The molecule has 0 radical (unpaired) electrons. The Morgan fingerprint density at radius 2 is 0.822 bits per heavy atom. The zero-order valence-electron chi connectivity index (χ0n) is 26.3. The lowest BCUT2D eigenvalue weighted by Gasteiger charge is -2.17. The molecule has 0 fully saturated rings. The maximum absolute atomic E-state index is 12.3. The lowest BCUT2D eigenvalue weighted by Crippen LogP contribution is -2.44. The van der Waals surface area contributed by atoms with Gasteiger partial charge in [0.2, 0.25) is 17.7 Å². The Labute approximate surface area is 265 Å². The summed E-state index contributed by atoms with van der Waals surface area (Å²) in [6, 6.07) is -3.85. The Kier molecular flexibility index (Phi) is 24.7. The molecule has 258 valence electrons. The average molecular weight is 644 g/mol. The predicted octanol–water partition coefficient (Wildman–Crippen LogP) is 2.69. The van der Waals surface area contributed by atoms with Gasteiger partial charge in [-0.05, 0) is 25.7 Å². The van der Waals surface area contributed by atoms with Crippen LogP contribution >= 0.6 is 0 Å². The lowest BCUT2D eigenvalue weighted by molar-refractivity contribution is -0.143. The Morgan fingerprint density at radius 3 is 1.16 bits per heavy atom. The van der Waals surface area contributed by atoms with E-state index in [1.807, 2.05) is 0 Å². The molecule has 0 aromatic carbocycles. The largest absolute Gasteiger partial charge is 0.481 e. The molecule has 0 aromatic heterocycles. The number of carbonyl (C=O) groups excluding carboxylic acids is 4. The number of aldehydes is 1. The van der Waals surface area contributed by atoms with E-state index in [2.05, 4.69) is 16.0 Å². The summed E-state index contributed by atoms with van der Waals surface area (Å²) in [7, 11) is 0. The second kappa shape index (κ2) is 26.8. The third-order valence-corrected chi connectivity index (χ3v) is 7.34. The molecule has 14 heteroatoms. The van der Waals surface area contributed by atoms with Crippen LogP contribution in [0.15, 0.2) is 0 Å². The third kappa shape index (κ3) is 24.5. The highest BCUT2D eigenvalue weighted by molar-refractivity contribution is 5.86. The summed E-state index contributed by atoms with van der Waals surface area (Å²) in [5, 5.41) is 43.2. The van der Waals surface area contributed by atoms with E-state index in [1.54, 1.807) is 0 Å². The number of aliphatic carboxylic acids is 3. The molecule has 0 rings (SSSR count). The van der Waals surface area contributed by atoms with E-state index >= 15 is 0 Å². The van der Waals surface area contributed by atoms with Crippen molar-refractivity contribution in [3.63, 3.8) is 0 Å². The van der Waals surface area contributed by atoms with Gasteiger partial charge < -0.3 is 41.2 Å². The molecule has 0 bridgehead atoms. The highest BCUT2D eigenvalue weighted by atomic mass is 16.4. The van der Waals surface area contributed by atoms with Crippen molar-refractivity contribution >= 4 is 41.9 Å². The summed E-state index contributed by atoms with van der Waals surface area (Å²) in [4.78, 5) is 80.5. The van der Waals surface area contributed by atoms with Gasteiger partial charge in [-0.1, -0.05) is 77.0 Å². The average Bonchev–Trinajstić information content (AvgIpc) is 2.99. The fraction of sp³-hybridized carbons (Fsp3) is 0.774. The normalized spacial score (nSPS) is 12.8. The van der Waals surface area contributed by atoms with E-state index in [4.69, 9.17) is 10.2 Å². The molecule has 0 aliphatic rings. The predicted molar refractivity (Wildman–Crippen MR) is 164 cm³/mol. The van der Waals surface area contributed by atoms with E-state index in [0.717, 1.165) is 51.4 Å². The van der Waals surface area contributed by atoms with Gasteiger partial charge in [0.05, 0.1) is 6.61 Å². The van der Waals surface area contributed by atoms with Crippen LogP contribution in [0.4, 0.5) is 0 Å². The summed E-state index contributed by atoms with van der Waals surface area (Å²) < 4.78 is 0. The Morgan fingerprint density at radius 1 is 0.489 bits per heavy atom. The van der Waals surface area contributed by atoms with Gasteiger partial charge in [-0.15, -0.1) is 0 Å². The van der Waals surface area contributed by atoms with Crippen molar-refractivity contribution in [2.24, 2.45) is 0 Å². The molecule has 0 heterocycles. The highest BCUT2D eigenvalue weighted by Gasteiger charge is 2.24. The molecule has 0 spiro atoms. The first-order valence-corrected chi connectivity index (χ1v) is 16.1. The maximum Gasteiger partial charge on any atom is 0.326 e. The molecule has 3 atom stereocenters. The van der Waals surface area contributed by atoms with Crippen LogP contribution in [0.5, 0.6) is 0 Å². The summed E-state index contributed by atoms with van der Waals surface area (Å²) in [5.41, 5.74) is 0. The lowest BCUT2D eigenvalue weighted by atomic mass is 10.0. The first-order valence-electron chi connectivity index (χ1n) is 16.1. The number of carboxylic acid groups (broad SMARTS) is 3. The maximum atomic E-state index is 12.3. The van der Waals surface area contributed by atoms with Crippen LogP contribution in [-0.4, -0.2) is 87.1 Å². The summed E-state index contributed by atoms with van der Waals surface area (Å²) in [5.74, 6) is -5.31. The molecule has 0 saturated heterocycles. The molecule has 0 aromatic rings. The topological polar surface area (TPSA) is 236 Å². The van der Waals surface area contributed by atoms with Gasteiger partial charge in [0, 0.05) is 25.7 Å². The van der Waals surface area contributed by atoms with Gasteiger partial charge >= 0.3 is 17.9 Å². The second-order valence-electron chi connectivity index (χ2n) is 11.3. The summed E-state index contributed by atoms with van der Waals surface area (Å²) >= 11 is 0. The fourth-order valence-electron chi connectivity index (χ4n) is 4.68. The highest BCUT2D eigenvalue weighted by Crippen LogP contribution is 2.14. The number of carbonyl (C=O) groups is 7. The number of aliphatic hydroxyl groups excluding tert-OH is 1. The van der Waals surface area contributed by atoms with Crippen molar-refractivity contribution < 1.29 is 54.0 Å². The van der Waals surface area contributed by atoms with Gasteiger partial charge in [-0.2, -0.15) is 0 Å². The van der Waals surface area contributed by atoms with Crippen molar-refractivity contribution in [3.05, 3.63) is 0 Å². The number of hydrogen-bond acceptors (Lipinski definition) is 8. The van der Waals surface area contributed by atoms with Gasteiger partial charge in [-0.3, -0.25) is 19.2 Å². The minimum Gasteiger partial charge on any atom is -0.481 e. The monoisotopic (exact) mass is 643 g/mol. The molecule has 3 amide bonds. The van der Waals surface area contributed by atoms with E-state index in [9.17, 15) is 43.8 Å². The first-order chi connectivity index (χ1) is 21.5. The number of unbranched alkanes of at least 4 members (excludes halogenated alkanes) is 13. The minimum absolute atomic E-state index is 0.163. The van der Waals surface area contributed by atoms with Gasteiger partial charge in [0.15, 0.2) is 0 Å². The van der Waals surface area contributed by atoms with Crippen molar-refractivity contribution in [1.29, 1.82) is 0 Å². The van der Waals surface area contributed by atoms with E-state index in [1.165, 1.54) is 32.1 Å². The van der Waals surface area contributed by atoms with E-state index in [-0.39, 0.29) is 38.5 Å². The Hall–Kier alpha value is -3.55. The Balaban J connectivity index is 4.06. The summed E-state index contributed by atoms with van der Waals surface area (Å²) in [6.45, 7) is -0.612. The first kappa shape index (κ1) is 41.4. The fourth-order valence-corrected chi connectivity index (χ4v) is 4.68. The number of carboxylic acids is 3. The van der Waals surface area contributed by atoms with E-state index in [0.29, 0.717) is 12.7 Å². The van der Waals surface area contributed by atoms with E-state index < -0.39 is 60.4 Å². The van der Waals surface area contributed by atoms with Crippen LogP contribution in [0.25, 0.3) is 0 Å². The SMILES string of the molecule is O=C[C@H](CO)NC(=O)CC[C@H](NC(=O)CC[C@H](NC(=O)CCCCCCCCCCCCCCCCC(=O)O)C(=O)O)C(=O)O. The minimum atomic E-state index is -1.43. The van der Waals surface area contributed by atoms with Crippen molar-refractivity contribution in [2.45, 2.75) is 147 Å². The van der Waals surface area contributed by atoms with Crippen LogP contribution in [0.2, 0.25) is 0 Å². The summed E-state index contributed by atoms with van der Waals surface area (Å²) in [6.07, 6.45) is 14.1. The molecular weight excluding hydrogens is 590 g/mol. The van der Waals surface area contributed by atoms with Crippen molar-refractivity contribution in [1.82, 2.24) is 16.0 Å². The standard InChI is InChI=1S/C31H53N3O11/c35-21-23(22-36)32-27(38)19-17-25(31(44)45)34-28(39)20-18-24(30(42)43)33-26(37)15-13-11-9-7-5-3-1-2-4-6-8-10-12-14-16-29(40)41/h21,23-25,36H,1-20,22H2,(H,32,38)(H,33,37)(H,34,39)(H,40,41)(H,42,43)(H,44,45)/t23-,24+,25+/m1/s1. The second-order valence-corrected chi connectivity index (χ2v) is 11.3. The quantitative estimate of drug-likeness (QED) is 0.0444. The Bertz CT molecular complexity index is 913. The number of hydrogen-bond donors (Lipinski definition) is 7. The van der Waals surface area contributed by atoms with Gasteiger partial charge in [0.25, 0.3) is 0 Å².